The fraction of sp³-hybridized carbons (Fsp3) is 0.136. The number of nitrogens with zero attached hydrogens (tertiary/aromatic N) is 1. The van der Waals surface area contributed by atoms with Gasteiger partial charge in [0.2, 0.25) is 5.91 Å². The van der Waals surface area contributed by atoms with Crippen molar-refractivity contribution in [1.82, 2.24) is 4.57 Å². The maximum absolute atomic E-state index is 13.9. The van der Waals surface area contributed by atoms with Crippen molar-refractivity contribution in [1.29, 1.82) is 0 Å². The van der Waals surface area contributed by atoms with Gasteiger partial charge in [-0.1, -0.05) is 24.3 Å². The predicted molar refractivity (Wildman–Crippen MR) is 110 cm³/mol. The molecule has 3 rings (SSSR count). The van der Waals surface area contributed by atoms with Gasteiger partial charge in [0.1, 0.15) is 5.82 Å². The highest BCUT2D eigenvalue weighted by atomic mass is 19.1. The van der Waals surface area contributed by atoms with Gasteiger partial charge in [-0.15, -0.1) is 0 Å². The predicted octanol–water partition coefficient (Wildman–Crippen LogP) is 3.55. The van der Waals surface area contributed by atoms with Gasteiger partial charge in [-0.2, -0.15) is 0 Å². The summed E-state index contributed by atoms with van der Waals surface area (Å²) in [7, 11) is 0. The van der Waals surface area contributed by atoms with E-state index in [2.05, 4.69) is 10.6 Å². The van der Waals surface area contributed by atoms with Crippen LogP contribution in [-0.4, -0.2) is 16.4 Å². The Balaban J connectivity index is 1.84. The molecule has 7 heteroatoms. The number of rotatable bonds is 5. The lowest BCUT2D eigenvalue weighted by Gasteiger charge is -2.12. The molecule has 2 aromatic carbocycles. The fourth-order valence-electron chi connectivity index (χ4n) is 2.83. The van der Waals surface area contributed by atoms with Crippen LogP contribution in [0, 0.1) is 12.7 Å². The van der Waals surface area contributed by atoms with Crippen molar-refractivity contribution >= 4 is 23.2 Å². The number of aromatic nitrogens is 1. The van der Waals surface area contributed by atoms with Gasteiger partial charge >= 0.3 is 0 Å². The first-order valence-electron chi connectivity index (χ1n) is 8.97. The average molecular weight is 393 g/mol. The van der Waals surface area contributed by atoms with Gasteiger partial charge in [0, 0.05) is 36.1 Å². The number of pyridine rings is 1. The van der Waals surface area contributed by atoms with Crippen LogP contribution in [0.4, 0.5) is 15.8 Å². The van der Waals surface area contributed by atoms with Crippen LogP contribution in [0.15, 0.2) is 65.6 Å². The first-order valence-corrected chi connectivity index (χ1v) is 8.97. The highest BCUT2D eigenvalue weighted by Gasteiger charge is 2.12. The van der Waals surface area contributed by atoms with Gasteiger partial charge in [0.25, 0.3) is 11.5 Å². The van der Waals surface area contributed by atoms with E-state index in [1.807, 2.05) is 6.92 Å². The Morgan fingerprint density at radius 2 is 1.79 bits per heavy atom. The van der Waals surface area contributed by atoms with E-state index in [0.717, 1.165) is 5.56 Å². The van der Waals surface area contributed by atoms with Gasteiger partial charge < -0.3 is 15.2 Å². The van der Waals surface area contributed by atoms with Gasteiger partial charge in [-0.3, -0.25) is 14.4 Å². The molecule has 2 N–H and O–H groups in total. The van der Waals surface area contributed by atoms with Crippen LogP contribution < -0.4 is 16.2 Å². The second-order valence-corrected chi connectivity index (χ2v) is 6.64. The van der Waals surface area contributed by atoms with Crippen molar-refractivity contribution < 1.29 is 14.0 Å². The molecule has 0 saturated heterocycles. The van der Waals surface area contributed by atoms with Crippen LogP contribution in [0.2, 0.25) is 0 Å². The molecule has 148 valence electrons. The molecule has 0 fully saturated rings. The number of halogens is 1. The lowest BCUT2D eigenvalue weighted by Crippen LogP contribution is -2.23. The topological polar surface area (TPSA) is 80.2 Å². The second kappa shape index (κ2) is 8.52. The molecule has 2 amide bonds. The van der Waals surface area contributed by atoms with E-state index in [9.17, 15) is 18.8 Å². The molecule has 0 spiro atoms. The Morgan fingerprint density at radius 1 is 1.03 bits per heavy atom. The smallest absolute Gasteiger partial charge is 0.257 e. The van der Waals surface area contributed by atoms with Crippen LogP contribution in [0.3, 0.4) is 0 Å². The molecule has 0 bridgehead atoms. The summed E-state index contributed by atoms with van der Waals surface area (Å²) < 4.78 is 15.2. The molecule has 0 aliphatic heterocycles. The second-order valence-electron chi connectivity index (χ2n) is 6.64. The van der Waals surface area contributed by atoms with E-state index in [1.54, 1.807) is 36.4 Å². The molecule has 1 aromatic heterocycles. The minimum atomic E-state index is -0.421. The molecular weight excluding hydrogens is 373 g/mol. The van der Waals surface area contributed by atoms with Gasteiger partial charge in [0.15, 0.2) is 0 Å². The summed E-state index contributed by atoms with van der Waals surface area (Å²) in [6.07, 6.45) is 1.40. The zero-order chi connectivity index (χ0) is 21.0. The lowest BCUT2D eigenvalue weighted by atomic mass is 10.1. The molecule has 0 saturated carbocycles. The molecule has 0 aliphatic carbocycles. The van der Waals surface area contributed by atoms with Crippen LogP contribution >= 0.6 is 0 Å². The number of carbonyl (C=O) groups is 2. The summed E-state index contributed by atoms with van der Waals surface area (Å²) in [5.41, 5.74) is 2.17. The molecule has 0 atom stereocenters. The van der Waals surface area contributed by atoms with E-state index < -0.39 is 11.7 Å². The molecule has 29 heavy (non-hydrogen) atoms. The van der Waals surface area contributed by atoms with Gasteiger partial charge in [-0.25, -0.2) is 4.39 Å². The maximum Gasteiger partial charge on any atom is 0.257 e. The summed E-state index contributed by atoms with van der Waals surface area (Å²) in [5.74, 6) is -1.05. The Bertz CT molecular complexity index is 1140. The van der Waals surface area contributed by atoms with Crippen molar-refractivity contribution in [2.75, 3.05) is 10.6 Å². The molecule has 3 aromatic rings. The Morgan fingerprint density at radius 3 is 2.52 bits per heavy atom. The number of hydrogen-bond acceptors (Lipinski definition) is 3. The van der Waals surface area contributed by atoms with E-state index in [0.29, 0.717) is 16.9 Å². The summed E-state index contributed by atoms with van der Waals surface area (Å²) in [4.78, 5) is 36.1. The summed E-state index contributed by atoms with van der Waals surface area (Å²) in [5, 5.41) is 5.45. The van der Waals surface area contributed by atoms with Gasteiger partial charge in [0.05, 0.1) is 12.1 Å². The largest absolute Gasteiger partial charge is 0.326 e. The third kappa shape index (κ3) is 4.95. The minimum Gasteiger partial charge on any atom is -0.326 e. The molecular formula is C22H20FN3O3. The number of hydrogen-bond donors (Lipinski definition) is 2. The van der Waals surface area contributed by atoms with Crippen LogP contribution in [0.1, 0.15) is 28.4 Å². The Kier molecular flexibility index (Phi) is 5.87. The summed E-state index contributed by atoms with van der Waals surface area (Å²) in [6, 6.07) is 14.0. The zero-order valence-electron chi connectivity index (χ0n) is 16.0. The monoisotopic (exact) mass is 393 g/mol. The molecule has 0 radical (unpaired) electrons. The molecule has 0 unspecified atom stereocenters. The van der Waals surface area contributed by atoms with Crippen molar-refractivity contribution in [3.8, 4) is 0 Å². The number of nitrogens with one attached hydrogen (secondary N) is 2. The van der Waals surface area contributed by atoms with Crippen LogP contribution in [-0.2, 0) is 11.3 Å². The van der Waals surface area contributed by atoms with Crippen LogP contribution in [0.5, 0.6) is 0 Å². The Labute approximate surface area is 167 Å². The summed E-state index contributed by atoms with van der Waals surface area (Å²) in [6.45, 7) is 3.24. The van der Waals surface area contributed by atoms with E-state index >= 15 is 0 Å². The van der Waals surface area contributed by atoms with Crippen molar-refractivity contribution in [3.05, 3.63) is 93.7 Å². The molecule has 6 nitrogen and oxygen atoms in total. The quantitative estimate of drug-likeness (QED) is 0.696. The highest BCUT2D eigenvalue weighted by Crippen LogP contribution is 2.21. The molecule has 0 aliphatic rings. The van der Waals surface area contributed by atoms with E-state index in [-0.39, 0.29) is 23.6 Å². The first kappa shape index (κ1) is 20.0. The lowest BCUT2D eigenvalue weighted by molar-refractivity contribution is -0.114. The third-order valence-electron chi connectivity index (χ3n) is 4.35. The SMILES string of the molecule is CC(=O)Nc1ccc(C)c(NC(=O)c2ccc(=O)n(Cc3ccccc3F)c2)c1. The van der Waals surface area contributed by atoms with Crippen LogP contribution in [0.25, 0.3) is 0 Å². The van der Waals surface area contributed by atoms with Crippen molar-refractivity contribution in [2.45, 2.75) is 20.4 Å². The third-order valence-corrected chi connectivity index (χ3v) is 4.35. The molecule has 1 heterocycles. The van der Waals surface area contributed by atoms with Crippen molar-refractivity contribution in [2.24, 2.45) is 0 Å². The van der Waals surface area contributed by atoms with Gasteiger partial charge in [-0.05, 0) is 36.8 Å². The maximum atomic E-state index is 13.9. The number of amides is 2. The standard InChI is InChI=1S/C22H20FN3O3/c1-14-7-9-18(24-15(2)27)11-20(14)25-22(29)17-8-10-21(28)26(13-17)12-16-5-3-4-6-19(16)23/h3-11,13H,12H2,1-2H3,(H,24,27)(H,25,29). The number of carbonyl (C=O) groups excluding carboxylic acids is 2. The number of anilines is 2. The van der Waals surface area contributed by atoms with E-state index in [1.165, 1.54) is 35.9 Å². The number of aryl methyl sites for hydroxylation is 1. The average Bonchev–Trinajstić information content (AvgIpc) is 2.67. The Hall–Kier alpha value is -3.74. The van der Waals surface area contributed by atoms with E-state index in [4.69, 9.17) is 0 Å². The summed E-state index contributed by atoms with van der Waals surface area (Å²) >= 11 is 0. The highest BCUT2D eigenvalue weighted by molar-refractivity contribution is 6.05. The minimum absolute atomic E-state index is 0.0175. The normalized spacial score (nSPS) is 10.4. The van der Waals surface area contributed by atoms with Crippen molar-refractivity contribution in [3.63, 3.8) is 0 Å². The first-order chi connectivity index (χ1) is 13.8. The fourth-order valence-corrected chi connectivity index (χ4v) is 2.83. The zero-order valence-corrected chi connectivity index (χ0v) is 16.0. The number of benzene rings is 2.